The van der Waals surface area contributed by atoms with Crippen LogP contribution in [0, 0.1) is 22.7 Å². The normalized spacial score (nSPS) is 11.6. The maximum absolute atomic E-state index is 10.4. The molecule has 0 unspecified atom stereocenters. The van der Waals surface area contributed by atoms with Gasteiger partial charge >= 0.3 is 0 Å². The van der Waals surface area contributed by atoms with Gasteiger partial charge in [-0.1, -0.05) is 78.9 Å². The molecule has 0 bridgehead atoms. The summed E-state index contributed by atoms with van der Waals surface area (Å²) in [4.78, 5) is 0. The summed E-state index contributed by atoms with van der Waals surface area (Å²) >= 11 is 0. The quantitative estimate of drug-likeness (QED) is 0.196. The zero-order chi connectivity index (χ0) is 32.6. The zero-order valence-corrected chi connectivity index (χ0v) is 26.1. The zero-order valence-electron chi connectivity index (χ0n) is 26.1. The van der Waals surface area contributed by atoms with Crippen LogP contribution in [0.5, 0.6) is 0 Å². The predicted octanol–water partition coefficient (Wildman–Crippen LogP) is 11.2. The molecule has 0 N–H and O–H groups in total. The Morgan fingerprint density at radius 3 is 1.84 bits per heavy atom. The number of rotatable bonds is 3. The van der Waals surface area contributed by atoms with Gasteiger partial charge in [0.2, 0.25) is 0 Å². The Morgan fingerprint density at radius 1 is 0.469 bits per heavy atom. The molecule has 0 fully saturated rings. The van der Waals surface area contributed by atoms with E-state index in [2.05, 4.69) is 100 Å². The van der Waals surface area contributed by atoms with Crippen molar-refractivity contribution in [3.05, 3.63) is 157 Å². The first-order valence-corrected chi connectivity index (χ1v) is 16.1. The van der Waals surface area contributed by atoms with Crippen molar-refractivity contribution in [2.75, 3.05) is 0 Å². The molecule has 0 aliphatic carbocycles. The summed E-state index contributed by atoms with van der Waals surface area (Å²) in [6.07, 6.45) is 0. The van der Waals surface area contributed by atoms with Crippen LogP contribution >= 0.6 is 0 Å². The van der Waals surface area contributed by atoms with Crippen molar-refractivity contribution in [2.45, 2.75) is 0 Å². The highest BCUT2D eigenvalue weighted by Gasteiger charge is 2.21. The fraction of sp³-hybridized carbons (Fsp3) is 0. The molecule has 0 spiro atoms. The number of fused-ring (bicyclic) bond motifs is 10. The van der Waals surface area contributed by atoms with E-state index in [-0.39, 0.29) is 0 Å². The van der Waals surface area contributed by atoms with Gasteiger partial charge < -0.3 is 13.6 Å². The van der Waals surface area contributed by atoms with E-state index in [0.29, 0.717) is 11.1 Å². The molecule has 0 radical (unpaired) electrons. The van der Waals surface area contributed by atoms with Gasteiger partial charge in [0.25, 0.3) is 0 Å². The van der Waals surface area contributed by atoms with Gasteiger partial charge in [-0.15, -0.1) is 0 Å². The van der Waals surface area contributed by atoms with E-state index in [9.17, 15) is 10.5 Å². The maximum atomic E-state index is 10.4. The third kappa shape index (κ3) is 3.85. The van der Waals surface area contributed by atoms with Crippen LogP contribution in [0.4, 0.5) is 0 Å². The molecule has 7 aromatic carbocycles. The number of nitrogens with zero attached hydrogens (tertiary/aromatic N) is 4. The minimum absolute atomic E-state index is 0.551. The topological polar surface area (TPSA) is 70.6 Å². The fourth-order valence-electron chi connectivity index (χ4n) is 7.66. The average molecular weight is 625 g/mol. The molecule has 10 aromatic rings. The lowest BCUT2D eigenvalue weighted by atomic mass is 9.99. The fourth-order valence-corrected chi connectivity index (χ4v) is 7.66. The lowest BCUT2D eigenvalue weighted by Crippen LogP contribution is -1.99. The smallest absolute Gasteiger partial charge is 0.145 e. The number of aromatic nitrogens is 2. The van der Waals surface area contributed by atoms with Crippen molar-refractivity contribution in [1.29, 1.82) is 10.5 Å². The van der Waals surface area contributed by atoms with E-state index in [1.807, 2.05) is 66.7 Å². The number of nitriles is 2. The maximum Gasteiger partial charge on any atom is 0.145 e. The molecular formula is C44H24N4O. The molecule has 3 aromatic heterocycles. The minimum atomic E-state index is 0.551. The Morgan fingerprint density at radius 2 is 1.12 bits per heavy atom. The van der Waals surface area contributed by atoms with Gasteiger partial charge in [-0.25, -0.2) is 0 Å². The lowest BCUT2D eigenvalue weighted by molar-refractivity contribution is 0.673. The summed E-state index contributed by atoms with van der Waals surface area (Å²) in [5.74, 6) is 0. The molecule has 0 aliphatic heterocycles. The van der Waals surface area contributed by atoms with E-state index in [4.69, 9.17) is 4.42 Å². The summed E-state index contributed by atoms with van der Waals surface area (Å²) in [6.45, 7) is 0. The molecule has 226 valence electrons. The number of hydrogen-bond donors (Lipinski definition) is 0. The second-order valence-corrected chi connectivity index (χ2v) is 12.4. The molecule has 0 saturated heterocycles. The van der Waals surface area contributed by atoms with Crippen molar-refractivity contribution >= 4 is 65.6 Å². The first-order valence-electron chi connectivity index (χ1n) is 16.1. The van der Waals surface area contributed by atoms with Gasteiger partial charge in [-0.2, -0.15) is 10.5 Å². The highest BCUT2D eigenvalue weighted by atomic mass is 16.3. The van der Waals surface area contributed by atoms with Gasteiger partial charge in [0.1, 0.15) is 17.2 Å². The van der Waals surface area contributed by atoms with Gasteiger partial charge in [0.05, 0.1) is 50.3 Å². The number of para-hydroxylation sites is 4. The summed E-state index contributed by atoms with van der Waals surface area (Å²) < 4.78 is 10.9. The number of hydrogen-bond acceptors (Lipinski definition) is 3. The SMILES string of the molecule is N#Cc1cc(-c2ccc(C#N)c(-n3c4ccccc4c4c5oc6ccccc6c5ccc43)c2)cc(-n2c3ccccc3c3ccccc32)c1. The van der Waals surface area contributed by atoms with E-state index in [1.54, 1.807) is 0 Å². The van der Waals surface area contributed by atoms with Crippen molar-refractivity contribution in [1.82, 2.24) is 9.13 Å². The van der Waals surface area contributed by atoms with E-state index < -0.39 is 0 Å². The first-order chi connectivity index (χ1) is 24.2. The van der Waals surface area contributed by atoms with E-state index >= 15 is 0 Å². The van der Waals surface area contributed by atoms with Crippen LogP contribution < -0.4 is 0 Å². The monoisotopic (exact) mass is 624 g/mol. The van der Waals surface area contributed by atoms with Crippen molar-refractivity contribution < 1.29 is 4.42 Å². The van der Waals surface area contributed by atoms with Crippen LogP contribution in [-0.4, -0.2) is 9.13 Å². The summed E-state index contributed by atoms with van der Waals surface area (Å²) in [7, 11) is 0. The van der Waals surface area contributed by atoms with E-state index in [1.165, 1.54) is 0 Å². The molecule has 0 amide bonds. The Labute approximate surface area is 280 Å². The summed E-state index contributed by atoms with van der Waals surface area (Å²) in [5, 5.41) is 27.1. The summed E-state index contributed by atoms with van der Waals surface area (Å²) in [6, 6.07) is 54.1. The standard InChI is InChI=1S/C44H24N4O/c45-25-27-21-30(23-31(22-27)47-37-13-5-1-9-32(37)33-10-2-6-14-38(33)47)28-17-18-29(26-46)41(24-28)48-39-15-7-3-12-36(39)43-40(48)20-19-35-34-11-4-8-16-42(34)49-44(35)43/h1-24H. The van der Waals surface area contributed by atoms with Crippen LogP contribution in [0.15, 0.2) is 150 Å². The van der Waals surface area contributed by atoms with Crippen LogP contribution in [0.2, 0.25) is 0 Å². The molecular weight excluding hydrogens is 601 g/mol. The van der Waals surface area contributed by atoms with Crippen LogP contribution in [0.25, 0.3) is 88.1 Å². The highest BCUT2D eigenvalue weighted by molar-refractivity contribution is 6.24. The molecule has 3 heterocycles. The molecule has 5 heteroatoms. The third-order valence-corrected chi connectivity index (χ3v) is 9.76. The van der Waals surface area contributed by atoms with Crippen LogP contribution in [-0.2, 0) is 0 Å². The minimum Gasteiger partial charge on any atom is -0.455 e. The summed E-state index contributed by atoms with van der Waals surface area (Å²) in [5.41, 5.74) is 10.3. The third-order valence-electron chi connectivity index (χ3n) is 9.76. The van der Waals surface area contributed by atoms with Crippen LogP contribution in [0.1, 0.15) is 11.1 Å². The van der Waals surface area contributed by atoms with Crippen LogP contribution in [0.3, 0.4) is 0 Å². The first kappa shape index (κ1) is 27.1. The predicted molar refractivity (Wildman–Crippen MR) is 197 cm³/mol. The van der Waals surface area contributed by atoms with Gasteiger partial charge in [0, 0.05) is 32.6 Å². The van der Waals surface area contributed by atoms with Gasteiger partial charge in [-0.05, 0) is 77.9 Å². The second kappa shape index (κ2) is 10.2. The molecule has 5 nitrogen and oxygen atoms in total. The average Bonchev–Trinajstić information content (AvgIpc) is 3.82. The number of furan rings is 1. The Bertz CT molecular complexity index is 3030. The van der Waals surface area contributed by atoms with Crippen molar-refractivity contribution in [2.24, 2.45) is 0 Å². The van der Waals surface area contributed by atoms with Crippen molar-refractivity contribution in [3.8, 4) is 34.6 Å². The van der Waals surface area contributed by atoms with E-state index in [0.717, 1.165) is 88.1 Å². The molecule has 49 heavy (non-hydrogen) atoms. The largest absolute Gasteiger partial charge is 0.455 e. The molecule has 0 saturated carbocycles. The van der Waals surface area contributed by atoms with Gasteiger partial charge in [-0.3, -0.25) is 0 Å². The van der Waals surface area contributed by atoms with Gasteiger partial charge in [0.15, 0.2) is 0 Å². The highest BCUT2D eigenvalue weighted by Crippen LogP contribution is 2.42. The number of benzene rings is 7. The Kier molecular flexibility index (Phi) is 5.64. The Hall–Kier alpha value is -7.08. The lowest BCUT2D eigenvalue weighted by Gasteiger charge is -2.14. The molecule has 0 aliphatic rings. The van der Waals surface area contributed by atoms with Crippen molar-refractivity contribution in [3.63, 3.8) is 0 Å². The Balaban J connectivity index is 1.23. The second-order valence-electron chi connectivity index (χ2n) is 12.4. The molecule has 10 rings (SSSR count). The molecule has 0 atom stereocenters.